The number of hydrogen-bond acceptors (Lipinski definition) is 2. The van der Waals surface area contributed by atoms with Crippen LogP contribution in [0.3, 0.4) is 0 Å². The fourth-order valence-corrected chi connectivity index (χ4v) is 3.57. The molecule has 0 spiro atoms. The van der Waals surface area contributed by atoms with Gasteiger partial charge in [0.15, 0.2) is 0 Å². The van der Waals surface area contributed by atoms with Crippen LogP contribution >= 0.6 is 11.3 Å². The lowest BCUT2D eigenvalue weighted by molar-refractivity contribution is 0.104. The van der Waals surface area contributed by atoms with Crippen molar-refractivity contribution in [1.82, 2.24) is 0 Å². The summed E-state index contributed by atoms with van der Waals surface area (Å²) in [6, 6.07) is 12.8. The van der Waals surface area contributed by atoms with Crippen molar-refractivity contribution in [2.45, 2.75) is 31.8 Å². The van der Waals surface area contributed by atoms with Crippen LogP contribution in [0, 0.1) is 5.92 Å². The third kappa shape index (κ3) is 2.50. The molecule has 18 heavy (non-hydrogen) atoms. The molecule has 0 bridgehead atoms. The molecule has 1 heterocycles. The minimum atomic E-state index is -0.167. The number of fused-ring (bicyclic) bond motifs is 1. The van der Waals surface area contributed by atoms with E-state index in [1.165, 1.54) is 16.0 Å². The number of thiophene rings is 1. The van der Waals surface area contributed by atoms with Crippen molar-refractivity contribution in [3.05, 3.63) is 57.8 Å². The molecule has 2 aromatic rings. The van der Waals surface area contributed by atoms with Crippen LogP contribution in [-0.2, 0) is 19.3 Å². The van der Waals surface area contributed by atoms with Gasteiger partial charge in [-0.05, 0) is 54.2 Å². The van der Waals surface area contributed by atoms with Gasteiger partial charge in [-0.25, -0.2) is 0 Å². The number of aryl methyl sites for hydroxylation is 1. The van der Waals surface area contributed by atoms with E-state index in [0.717, 1.165) is 25.7 Å². The third-order valence-corrected chi connectivity index (χ3v) is 4.83. The summed E-state index contributed by atoms with van der Waals surface area (Å²) in [5, 5.41) is 12.4. The van der Waals surface area contributed by atoms with Gasteiger partial charge in [0.05, 0.1) is 6.10 Å². The highest BCUT2D eigenvalue weighted by Gasteiger charge is 2.26. The molecule has 1 aliphatic rings. The lowest BCUT2D eigenvalue weighted by Crippen LogP contribution is -2.21. The Hall–Kier alpha value is -1.12. The van der Waals surface area contributed by atoms with E-state index >= 15 is 0 Å². The second-order valence-corrected chi connectivity index (χ2v) is 6.15. The first-order valence-electron chi connectivity index (χ1n) is 6.60. The average Bonchev–Trinajstić information content (AvgIpc) is 3.04. The van der Waals surface area contributed by atoms with Crippen LogP contribution in [0.4, 0.5) is 0 Å². The summed E-state index contributed by atoms with van der Waals surface area (Å²) < 4.78 is 0. The molecule has 1 nitrogen and oxygen atoms in total. The SMILES string of the molecule is OC(CCc1cccs1)C1Cc2ccccc2C1. The molecule has 0 aliphatic heterocycles. The predicted octanol–water partition coefficient (Wildman–Crippen LogP) is 3.46. The summed E-state index contributed by atoms with van der Waals surface area (Å²) in [6.07, 6.45) is 3.81. The Morgan fingerprint density at radius 3 is 2.44 bits per heavy atom. The molecule has 0 radical (unpaired) electrons. The summed E-state index contributed by atoms with van der Waals surface area (Å²) in [5.41, 5.74) is 2.86. The molecule has 0 saturated carbocycles. The average molecular weight is 258 g/mol. The molecular formula is C16H18OS. The Balaban J connectivity index is 1.57. The second kappa shape index (κ2) is 5.25. The predicted molar refractivity (Wildman–Crippen MR) is 76.0 cm³/mol. The highest BCUT2D eigenvalue weighted by atomic mass is 32.1. The number of benzene rings is 1. The normalized spacial score (nSPS) is 16.7. The largest absolute Gasteiger partial charge is 0.393 e. The van der Waals surface area contributed by atoms with Crippen molar-refractivity contribution < 1.29 is 5.11 Å². The van der Waals surface area contributed by atoms with E-state index in [4.69, 9.17) is 0 Å². The van der Waals surface area contributed by atoms with Gasteiger partial charge >= 0.3 is 0 Å². The molecule has 1 aromatic carbocycles. The standard InChI is InChI=1S/C16H18OS/c17-16(8-7-15-6-3-9-18-15)14-10-12-4-1-2-5-13(12)11-14/h1-6,9,14,16-17H,7-8,10-11H2. The Morgan fingerprint density at radius 2 is 1.83 bits per heavy atom. The molecule has 3 rings (SSSR count). The Morgan fingerprint density at radius 1 is 1.11 bits per heavy atom. The molecule has 0 saturated heterocycles. The van der Waals surface area contributed by atoms with Gasteiger partial charge in [-0.2, -0.15) is 0 Å². The zero-order valence-corrected chi connectivity index (χ0v) is 11.2. The van der Waals surface area contributed by atoms with E-state index in [1.54, 1.807) is 11.3 Å². The van der Waals surface area contributed by atoms with E-state index in [-0.39, 0.29) is 6.10 Å². The van der Waals surface area contributed by atoms with Crippen LogP contribution in [0.25, 0.3) is 0 Å². The van der Waals surface area contributed by atoms with Crippen LogP contribution < -0.4 is 0 Å². The van der Waals surface area contributed by atoms with Gasteiger partial charge in [-0.3, -0.25) is 0 Å². The second-order valence-electron chi connectivity index (χ2n) is 5.12. The number of rotatable bonds is 4. The molecular weight excluding hydrogens is 240 g/mol. The van der Waals surface area contributed by atoms with Gasteiger partial charge in [-0.1, -0.05) is 30.3 Å². The van der Waals surface area contributed by atoms with Crippen LogP contribution in [0.1, 0.15) is 22.4 Å². The highest BCUT2D eigenvalue weighted by Crippen LogP contribution is 2.30. The molecule has 1 aromatic heterocycles. The lowest BCUT2D eigenvalue weighted by Gasteiger charge is -2.17. The van der Waals surface area contributed by atoms with E-state index in [1.807, 2.05) is 0 Å². The summed E-state index contributed by atoms with van der Waals surface area (Å²) >= 11 is 1.78. The van der Waals surface area contributed by atoms with Gasteiger partial charge in [-0.15, -0.1) is 11.3 Å². The maximum atomic E-state index is 10.3. The van der Waals surface area contributed by atoms with Crippen molar-refractivity contribution in [1.29, 1.82) is 0 Å². The summed E-state index contributed by atoms with van der Waals surface area (Å²) in [6.45, 7) is 0. The zero-order chi connectivity index (χ0) is 12.4. The van der Waals surface area contributed by atoms with Crippen molar-refractivity contribution in [3.63, 3.8) is 0 Å². The molecule has 94 valence electrons. The van der Waals surface area contributed by atoms with E-state index < -0.39 is 0 Å². The van der Waals surface area contributed by atoms with Crippen LogP contribution in [0.15, 0.2) is 41.8 Å². The number of aliphatic hydroxyl groups excluding tert-OH is 1. The monoisotopic (exact) mass is 258 g/mol. The van der Waals surface area contributed by atoms with Gasteiger partial charge in [0.25, 0.3) is 0 Å². The van der Waals surface area contributed by atoms with E-state index in [0.29, 0.717) is 5.92 Å². The molecule has 1 N–H and O–H groups in total. The minimum absolute atomic E-state index is 0.167. The van der Waals surface area contributed by atoms with Crippen molar-refractivity contribution in [3.8, 4) is 0 Å². The molecule has 0 amide bonds. The van der Waals surface area contributed by atoms with Gasteiger partial charge in [0, 0.05) is 4.88 Å². The fourth-order valence-electron chi connectivity index (χ4n) is 2.85. The highest BCUT2D eigenvalue weighted by molar-refractivity contribution is 7.09. The maximum Gasteiger partial charge on any atom is 0.0578 e. The minimum Gasteiger partial charge on any atom is -0.393 e. The molecule has 1 unspecified atom stereocenters. The van der Waals surface area contributed by atoms with Crippen molar-refractivity contribution >= 4 is 11.3 Å². The van der Waals surface area contributed by atoms with Crippen molar-refractivity contribution in [2.75, 3.05) is 0 Å². The van der Waals surface area contributed by atoms with Crippen LogP contribution in [0.2, 0.25) is 0 Å². The Bertz CT molecular complexity index is 479. The fraction of sp³-hybridized carbons (Fsp3) is 0.375. The summed E-state index contributed by atoms with van der Waals surface area (Å²) in [5.74, 6) is 0.419. The van der Waals surface area contributed by atoms with Gasteiger partial charge in [0.2, 0.25) is 0 Å². The first-order valence-corrected chi connectivity index (χ1v) is 7.48. The molecule has 2 heteroatoms. The third-order valence-electron chi connectivity index (χ3n) is 3.89. The zero-order valence-electron chi connectivity index (χ0n) is 10.4. The quantitative estimate of drug-likeness (QED) is 0.890. The maximum absolute atomic E-state index is 10.3. The molecule has 1 atom stereocenters. The summed E-state index contributed by atoms with van der Waals surface area (Å²) in [4.78, 5) is 1.38. The van der Waals surface area contributed by atoms with E-state index in [2.05, 4.69) is 41.8 Å². The lowest BCUT2D eigenvalue weighted by atomic mass is 9.95. The Kier molecular flexibility index (Phi) is 3.48. The summed E-state index contributed by atoms with van der Waals surface area (Å²) in [7, 11) is 0. The van der Waals surface area contributed by atoms with Gasteiger partial charge in [0.1, 0.15) is 0 Å². The molecule has 0 fully saturated rings. The smallest absolute Gasteiger partial charge is 0.0578 e. The van der Waals surface area contributed by atoms with Crippen LogP contribution in [-0.4, -0.2) is 11.2 Å². The first-order chi connectivity index (χ1) is 8.83. The topological polar surface area (TPSA) is 20.2 Å². The Labute approximate surface area is 112 Å². The van der Waals surface area contributed by atoms with E-state index in [9.17, 15) is 5.11 Å². The molecule has 1 aliphatic carbocycles. The number of aliphatic hydroxyl groups is 1. The number of hydrogen-bond donors (Lipinski definition) is 1. The van der Waals surface area contributed by atoms with Gasteiger partial charge < -0.3 is 5.11 Å². The van der Waals surface area contributed by atoms with Crippen LogP contribution in [0.5, 0.6) is 0 Å². The van der Waals surface area contributed by atoms with Crippen molar-refractivity contribution in [2.24, 2.45) is 5.92 Å². The first kappa shape index (κ1) is 11.9.